The molecule has 0 aliphatic carbocycles. The molecule has 0 bridgehead atoms. The van der Waals surface area contributed by atoms with Crippen LogP contribution in [-0.4, -0.2) is 142 Å². The molecule has 21 nitrogen and oxygen atoms in total. The molecule has 5 atom stereocenters. The highest BCUT2D eigenvalue weighted by molar-refractivity contribution is 14.1. The van der Waals surface area contributed by atoms with Crippen molar-refractivity contribution in [3.8, 4) is 0 Å². The molecule has 3 aromatic heterocycles. The van der Waals surface area contributed by atoms with Crippen LogP contribution in [0.5, 0.6) is 0 Å². The fourth-order valence-corrected chi connectivity index (χ4v) is 11.6. The van der Waals surface area contributed by atoms with E-state index in [-0.39, 0.29) is 53.7 Å². The van der Waals surface area contributed by atoms with Gasteiger partial charge in [0.1, 0.15) is 11.2 Å². The lowest BCUT2D eigenvalue weighted by atomic mass is 9.82. The first-order chi connectivity index (χ1) is 41.8. The Morgan fingerprint density at radius 1 is 0.517 bits per heavy atom. The van der Waals surface area contributed by atoms with Crippen molar-refractivity contribution in [3.05, 3.63) is 125 Å². The number of aliphatic hydroxyl groups is 1. The highest BCUT2D eigenvalue weighted by atomic mass is 127. The summed E-state index contributed by atoms with van der Waals surface area (Å²) < 4.78 is 24.8. The molecule has 0 radical (unpaired) electrons. The monoisotopic (exact) mass is 1380 g/mol. The van der Waals surface area contributed by atoms with Crippen molar-refractivity contribution in [3.63, 3.8) is 0 Å². The normalized spacial score (nSPS) is 13.8. The second-order valence-corrected chi connectivity index (χ2v) is 38.2. The third kappa shape index (κ3) is 30.3. The van der Waals surface area contributed by atoms with Crippen molar-refractivity contribution >= 4 is 57.1 Å². The van der Waals surface area contributed by atoms with Crippen molar-refractivity contribution in [2.24, 2.45) is 11.8 Å². The van der Waals surface area contributed by atoms with E-state index < -0.39 is 39.7 Å². The number of tetrazole rings is 3. The number of ether oxygens (including phenoxy) is 2. The van der Waals surface area contributed by atoms with Crippen LogP contribution in [-0.2, 0) is 52.0 Å². The van der Waals surface area contributed by atoms with Gasteiger partial charge in [0.05, 0.1) is 18.3 Å². The summed E-state index contributed by atoms with van der Waals surface area (Å²) in [6, 6.07) is 29.7. The molecule has 0 unspecified atom stereocenters. The number of carboxylic acid groups (broad SMARTS) is 1. The number of hydrogen-bond acceptors (Lipinski definition) is 17. The van der Waals surface area contributed by atoms with E-state index in [1.165, 1.54) is 17.3 Å². The molecule has 0 saturated carbocycles. The van der Waals surface area contributed by atoms with Crippen LogP contribution in [0.2, 0.25) is 36.3 Å². The van der Waals surface area contributed by atoms with Gasteiger partial charge in [0.15, 0.2) is 34.1 Å². The molecular formula is C65H105IN12O9Si2. The maximum Gasteiger partial charge on any atom is 0.310 e. The van der Waals surface area contributed by atoms with E-state index in [0.717, 1.165) is 36.1 Å². The number of alkyl halides is 1. The molecule has 6 rings (SSSR count). The summed E-state index contributed by atoms with van der Waals surface area (Å²) >= 11 is 2.42. The van der Waals surface area contributed by atoms with Gasteiger partial charge in [-0.3, -0.25) is 14.4 Å². The fourth-order valence-electron chi connectivity index (χ4n) is 8.88. The number of hydrogen-bond donors (Lipinski definition) is 5. The second-order valence-electron chi connectivity index (χ2n) is 27.5. The van der Waals surface area contributed by atoms with Crippen LogP contribution in [0.4, 0.5) is 0 Å². The van der Waals surface area contributed by atoms with Gasteiger partial charge in [-0.2, -0.15) is 15.6 Å². The van der Waals surface area contributed by atoms with Gasteiger partial charge in [-0.05, 0) is 157 Å². The average Bonchev–Trinajstić information content (AvgIpc) is 3.43. The summed E-state index contributed by atoms with van der Waals surface area (Å²) in [6.07, 6.45) is 8.74. The maximum atomic E-state index is 13.3. The number of carbonyl (C=O) groups excluding carboxylic acids is 2. The summed E-state index contributed by atoms with van der Waals surface area (Å²) in [5.41, 5.74) is 2.23. The van der Waals surface area contributed by atoms with Gasteiger partial charge >= 0.3 is 17.9 Å². The topological polar surface area (TPSA) is 292 Å². The van der Waals surface area contributed by atoms with Crippen LogP contribution < -0.4 is 0 Å². The van der Waals surface area contributed by atoms with E-state index in [4.69, 9.17) is 23.4 Å². The summed E-state index contributed by atoms with van der Waals surface area (Å²) in [4.78, 5) is 37.0. The smallest absolute Gasteiger partial charge is 0.310 e. The number of nitrogens with one attached hydrogen (secondary N) is 3. The number of benzene rings is 3. The first-order valence-corrected chi connectivity index (χ1v) is 38.6. The highest BCUT2D eigenvalue weighted by Crippen LogP contribution is 2.39. The van der Waals surface area contributed by atoms with Crippen molar-refractivity contribution in [1.82, 2.24) is 61.9 Å². The molecule has 3 aromatic carbocycles. The number of aliphatic hydroxyl groups excluding tert-OH is 1. The minimum Gasteiger partial charge on any atom is -0.481 e. The lowest BCUT2D eigenvalue weighted by Gasteiger charge is -2.36. The van der Waals surface area contributed by atoms with E-state index in [9.17, 15) is 19.5 Å². The Labute approximate surface area is 545 Å². The van der Waals surface area contributed by atoms with Gasteiger partial charge in [0, 0.05) is 37.6 Å². The predicted octanol–water partition coefficient (Wildman–Crippen LogP) is 13.5. The summed E-state index contributed by atoms with van der Waals surface area (Å²) in [5.74, 6) is -1.53. The number of aromatic amines is 3. The number of unbranched alkanes of at least 4 members (excludes halogenated alkanes) is 3. The van der Waals surface area contributed by atoms with Gasteiger partial charge in [-0.25, -0.2) is 0 Å². The lowest BCUT2D eigenvalue weighted by molar-refractivity contribution is -0.161. The Kier molecular flexibility index (Phi) is 33.3. The largest absolute Gasteiger partial charge is 0.481 e. The van der Waals surface area contributed by atoms with Gasteiger partial charge < -0.3 is 28.5 Å². The Morgan fingerprint density at radius 3 is 1.27 bits per heavy atom. The Bertz CT molecular complexity index is 2830. The SMILES string of the molecule is CC(C)(C)OC(=O)C[C@H](Cc1ccccc1)c1nn[nH]n1.CC(C)(C)OC(=O)[C@@H](CCCCO[Si](C)(C)C(C)(C)C)[C@H](Cc1ccccc1)c1nn[nH]n1.CC(C)(C)[Si](C)(C)OCCCCI.O=C(O)[C@@H](CCCCO)[C@H](Cc1ccccc1)c1nn[nH]n1. The van der Waals surface area contributed by atoms with E-state index in [1.54, 1.807) is 0 Å². The van der Waals surface area contributed by atoms with Crippen LogP contribution in [0.25, 0.3) is 0 Å². The summed E-state index contributed by atoms with van der Waals surface area (Å²) in [5, 5.41) is 61.7. The van der Waals surface area contributed by atoms with Crippen LogP contribution >= 0.6 is 22.6 Å². The number of halogens is 1. The Morgan fingerprint density at radius 2 is 0.899 bits per heavy atom. The first kappa shape index (κ1) is 77.6. The second kappa shape index (κ2) is 38.2. The quantitative estimate of drug-likeness (QED) is 0.00920. The molecule has 0 amide bonds. The minimum absolute atomic E-state index is 0.0674. The van der Waals surface area contributed by atoms with E-state index in [1.807, 2.05) is 120 Å². The van der Waals surface area contributed by atoms with E-state index in [0.29, 0.717) is 74.1 Å². The third-order valence-electron chi connectivity index (χ3n) is 15.8. The summed E-state index contributed by atoms with van der Waals surface area (Å²) in [6.45, 7) is 35.8. The molecule has 0 aliphatic heterocycles. The van der Waals surface area contributed by atoms with Gasteiger partial charge in [0.25, 0.3) is 0 Å². The molecule has 0 fully saturated rings. The lowest BCUT2D eigenvalue weighted by Crippen LogP contribution is -2.41. The standard InChI is InChI=1S/C25H42N4O3Si.C15H20N4O3.C15H20N4O2.C10H23IOSi/c1-24(2,3)32-23(30)20(16-12-13-17-31-33(7,8)25(4,5)6)21(22-26-28-29-27-22)18-19-14-10-9-11-15-19;20-9-5-4-8-12(15(21)22)13(14-16-18-19-17-14)10-11-6-2-1-3-7-11;1-15(2,3)21-13(20)10-12(14-16-18-19-17-14)9-11-7-5-4-6-8-11;1-10(2,3)13(4,5)12-9-7-6-8-11/h9-11,14-15,20-21H,12-13,16-18H2,1-8H3,(H,26,27,28,29);1-3,6-7,12-13,20H,4-5,8-10H2,(H,21,22)(H,16,17,18,19);4-8,12H,9-10H2,1-3H3,(H,16,17,18,19);6-9H2,1-5H3/t20-,21-;12-,13-;12-;/m000./s1. The van der Waals surface area contributed by atoms with Gasteiger partial charge in [0.2, 0.25) is 0 Å². The van der Waals surface area contributed by atoms with Crippen LogP contribution in [0.1, 0.15) is 193 Å². The molecule has 0 saturated heterocycles. The number of H-pyrrole nitrogens is 3. The molecule has 6 aromatic rings. The first-order valence-electron chi connectivity index (χ1n) is 31.2. The molecule has 0 aliphatic rings. The van der Waals surface area contributed by atoms with Crippen molar-refractivity contribution in [1.29, 1.82) is 0 Å². The number of aliphatic carboxylic acids is 1. The molecule has 494 valence electrons. The molecule has 89 heavy (non-hydrogen) atoms. The number of carbonyl (C=O) groups is 3. The Hall–Kier alpha value is -5.68. The highest BCUT2D eigenvalue weighted by Gasteiger charge is 2.39. The zero-order chi connectivity index (χ0) is 66.3. The fraction of sp³-hybridized carbons (Fsp3) is 0.631. The molecule has 3 heterocycles. The van der Waals surface area contributed by atoms with Crippen molar-refractivity contribution in [2.75, 3.05) is 24.2 Å². The van der Waals surface area contributed by atoms with Crippen molar-refractivity contribution < 1.29 is 42.9 Å². The number of carboxylic acids is 1. The van der Waals surface area contributed by atoms with Gasteiger partial charge in [-0.1, -0.05) is 184 Å². The average molecular weight is 1380 g/mol. The van der Waals surface area contributed by atoms with Crippen LogP contribution in [0.15, 0.2) is 91.0 Å². The minimum atomic E-state index is -1.78. The third-order valence-corrected chi connectivity index (χ3v) is 25.6. The van der Waals surface area contributed by atoms with Crippen LogP contribution in [0, 0.1) is 11.8 Å². The van der Waals surface area contributed by atoms with Crippen molar-refractivity contribution in [2.45, 2.75) is 225 Å². The molecule has 0 spiro atoms. The molecule has 24 heteroatoms. The number of rotatable bonds is 30. The maximum absolute atomic E-state index is 13.3. The summed E-state index contributed by atoms with van der Waals surface area (Å²) in [7, 11) is -3.23. The number of nitrogens with zero attached hydrogens (tertiary/aromatic N) is 9. The van der Waals surface area contributed by atoms with Gasteiger partial charge in [-0.15, -0.1) is 30.6 Å². The zero-order valence-corrected chi connectivity index (χ0v) is 60.2. The zero-order valence-electron chi connectivity index (χ0n) is 56.0. The molecular weight excluding hydrogens is 1280 g/mol. The molecule has 5 N–H and O–H groups in total. The van der Waals surface area contributed by atoms with E-state index >= 15 is 0 Å². The van der Waals surface area contributed by atoms with Crippen LogP contribution in [0.3, 0.4) is 0 Å². The Balaban J connectivity index is 0.000000326. The number of esters is 2. The number of aromatic nitrogens is 12. The predicted molar refractivity (Wildman–Crippen MR) is 361 cm³/mol. The van der Waals surface area contributed by atoms with E-state index in [2.05, 4.69) is 164 Å².